The van der Waals surface area contributed by atoms with Gasteiger partial charge in [0, 0.05) is 43.9 Å². The summed E-state index contributed by atoms with van der Waals surface area (Å²) in [6, 6.07) is 14.6. The van der Waals surface area contributed by atoms with E-state index in [4.69, 9.17) is 0 Å². The molecule has 0 spiro atoms. The van der Waals surface area contributed by atoms with Gasteiger partial charge in [-0.3, -0.25) is 9.36 Å². The molecule has 34 heavy (non-hydrogen) atoms. The largest absolute Gasteiger partial charge is 0.371 e. The van der Waals surface area contributed by atoms with Gasteiger partial charge >= 0.3 is 6.55 Å². The summed E-state index contributed by atoms with van der Waals surface area (Å²) in [5.41, 5.74) is 2.60. The molecule has 4 rings (SSSR count). The summed E-state index contributed by atoms with van der Waals surface area (Å²) in [6.07, 6.45) is 2.54. The van der Waals surface area contributed by atoms with Gasteiger partial charge in [-0.1, -0.05) is 24.3 Å². The van der Waals surface area contributed by atoms with Crippen molar-refractivity contribution in [3.8, 4) is 11.4 Å². The van der Waals surface area contributed by atoms with Crippen molar-refractivity contribution in [1.29, 1.82) is 0 Å². The molecule has 1 aliphatic heterocycles. The SMILES string of the molecule is CN(C)CCCN(C)C(=O)C1CCN(c2cccc(-c3nc4ccccc4n3C(F)F)c2)CC1. The van der Waals surface area contributed by atoms with Gasteiger partial charge < -0.3 is 14.7 Å². The van der Waals surface area contributed by atoms with Gasteiger partial charge in [-0.2, -0.15) is 8.78 Å². The van der Waals surface area contributed by atoms with Crippen LogP contribution in [0.4, 0.5) is 14.5 Å². The highest BCUT2D eigenvalue weighted by Crippen LogP contribution is 2.32. The van der Waals surface area contributed by atoms with Gasteiger partial charge in [0.15, 0.2) is 0 Å². The number of aromatic nitrogens is 2. The summed E-state index contributed by atoms with van der Waals surface area (Å²) in [5, 5.41) is 0. The number of halogens is 2. The number of piperidine rings is 1. The number of amides is 1. The third kappa shape index (κ3) is 5.22. The normalized spacial score (nSPS) is 15.0. The Morgan fingerprint density at radius 2 is 1.79 bits per heavy atom. The van der Waals surface area contributed by atoms with Gasteiger partial charge in [0.25, 0.3) is 0 Å². The van der Waals surface area contributed by atoms with Crippen molar-refractivity contribution in [3.63, 3.8) is 0 Å². The molecule has 8 heteroatoms. The summed E-state index contributed by atoms with van der Waals surface area (Å²) < 4.78 is 28.8. The first-order valence-electron chi connectivity index (χ1n) is 11.9. The number of imidazole rings is 1. The van der Waals surface area contributed by atoms with Crippen LogP contribution in [0.25, 0.3) is 22.4 Å². The molecule has 0 N–H and O–H groups in total. The number of carbonyl (C=O) groups excluding carboxylic acids is 1. The number of para-hydroxylation sites is 2. The molecule has 1 amide bonds. The van der Waals surface area contributed by atoms with Crippen LogP contribution in [0.15, 0.2) is 48.5 Å². The van der Waals surface area contributed by atoms with Crippen LogP contribution in [0.5, 0.6) is 0 Å². The van der Waals surface area contributed by atoms with E-state index >= 15 is 0 Å². The Morgan fingerprint density at radius 1 is 1.06 bits per heavy atom. The quantitative estimate of drug-likeness (QED) is 0.479. The van der Waals surface area contributed by atoms with Gasteiger partial charge in [-0.25, -0.2) is 4.98 Å². The van der Waals surface area contributed by atoms with E-state index in [0.29, 0.717) is 16.6 Å². The van der Waals surface area contributed by atoms with E-state index in [1.54, 1.807) is 24.3 Å². The number of carbonyl (C=O) groups is 1. The van der Waals surface area contributed by atoms with Crippen molar-refractivity contribution in [2.45, 2.75) is 25.8 Å². The lowest BCUT2D eigenvalue weighted by Crippen LogP contribution is -2.41. The third-order valence-corrected chi connectivity index (χ3v) is 6.58. The number of rotatable bonds is 8. The molecule has 2 aromatic carbocycles. The molecule has 6 nitrogen and oxygen atoms in total. The maximum atomic E-state index is 13.9. The van der Waals surface area contributed by atoms with Gasteiger partial charge in [-0.05, 0) is 64.2 Å². The Morgan fingerprint density at radius 3 is 2.50 bits per heavy atom. The second-order valence-electron chi connectivity index (χ2n) is 9.30. The molecule has 182 valence electrons. The van der Waals surface area contributed by atoms with Crippen LogP contribution in [0.2, 0.25) is 0 Å². The number of anilines is 1. The second kappa shape index (κ2) is 10.5. The minimum atomic E-state index is -2.68. The molecular formula is C26H33F2N5O. The van der Waals surface area contributed by atoms with Gasteiger partial charge in [0.05, 0.1) is 11.0 Å². The first-order valence-corrected chi connectivity index (χ1v) is 11.9. The minimum absolute atomic E-state index is 0.0341. The van der Waals surface area contributed by atoms with E-state index in [2.05, 4.69) is 14.8 Å². The zero-order valence-electron chi connectivity index (χ0n) is 20.1. The predicted molar refractivity (Wildman–Crippen MR) is 132 cm³/mol. The third-order valence-electron chi connectivity index (χ3n) is 6.58. The van der Waals surface area contributed by atoms with Crippen molar-refractivity contribution in [1.82, 2.24) is 19.4 Å². The van der Waals surface area contributed by atoms with E-state index in [1.165, 1.54) is 0 Å². The molecular weight excluding hydrogens is 436 g/mol. The van der Waals surface area contributed by atoms with E-state index < -0.39 is 6.55 Å². The number of alkyl halides is 2. The topological polar surface area (TPSA) is 44.6 Å². The zero-order valence-corrected chi connectivity index (χ0v) is 20.1. The number of nitrogens with zero attached hydrogens (tertiary/aromatic N) is 5. The Labute approximate surface area is 199 Å². The van der Waals surface area contributed by atoms with Crippen molar-refractivity contribution in [2.24, 2.45) is 5.92 Å². The molecule has 1 fully saturated rings. The summed E-state index contributed by atoms with van der Waals surface area (Å²) in [6.45, 7) is 0.575. The molecule has 2 heterocycles. The van der Waals surface area contributed by atoms with Crippen LogP contribution in [0, 0.1) is 5.92 Å². The van der Waals surface area contributed by atoms with E-state index in [-0.39, 0.29) is 17.6 Å². The van der Waals surface area contributed by atoms with Crippen molar-refractivity contribution >= 4 is 22.6 Å². The number of fused-ring (bicyclic) bond motifs is 1. The van der Waals surface area contributed by atoms with Crippen LogP contribution >= 0.6 is 0 Å². The average molecular weight is 470 g/mol. The lowest BCUT2D eigenvalue weighted by Gasteiger charge is -2.34. The van der Waals surface area contributed by atoms with Crippen LogP contribution in [0.3, 0.4) is 0 Å². The number of hydrogen-bond donors (Lipinski definition) is 0. The van der Waals surface area contributed by atoms with E-state index in [9.17, 15) is 13.6 Å². The number of benzene rings is 2. The molecule has 0 unspecified atom stereocenters. The zero-order chi connectivity index (χ0) is 24.2. The average Bonchev–Trinajstić information content (AvgIpc) is 3.23. The fourth-order valence-corrected chi connectivity index (χ4v) is 4.72. The van der Waals surface area contributed by atoms with Crippen LogP contribution < -0.4 is 4.90 Å². The molecule has 0 saturated carbocycles. The molecule has 1 aliphatic rings. The molecule has 1 aromatic heterocycles. The summed E-state index contributed by atoms with van der Waals surface area (Å²) in [7, 11) is 5.97. The Bertz CT molecular complexity index is 1120. The second-order valence-corrected chi connectivity index (χ2v) is 9.30. The van der Waals surface area contributed by atoms with E-state index in [1.807, 2.05) is 50.3 Å². The Balaban J connectivity index is 1.45. The van der Waals surface area contributed by atoms with Crippen molar-refractivity contribution < 1.29 is 13.6 Å². The smallest absolute Gasteiger partial charge is 0.320 e. The first-order chi connectivity index (χ1) is 16.3. The van der Waals surface area contributed by atoms with Crippen LogP contribution in [-0.2, 0) is 4.79 Å². The van der Waals surface area contributed by atoms with Gasteiger partial charge in [-0.15, -0.1) is 0 Å². The summed E-state index contributed by atoms with van der Waals surface area (Å²) >= 11 is 0. The molecule has 0 radical (unpaired) electrons. The standard InChI is InChI=1S/C26H33F2N5O/c1-30(2)14-7-15-31(3)25(34)19-12-16-32(17-13-19)21-9-6-8-20(18-21)24-29-22-10-4-5-11-23(22)33(24)26(27)28/h4-6,8-11,18-19,26H,7,12-17H2,1-3H3. The summed E-state index contributed by atoms with van der Waals surface area (Å²) in [4.78, 5) is 23.6. The Hall–Kier alpha value is -3.00. The minimum Gasteiger partial charge on any atom is -0.371 e. The van der Waals surface area contributed by atoms with Crippen molar-refractivity contribution in [3.05, 3.63) is 48.5 Å². The maximum Gasteiger partial charge on any atom is 0.320 e. The van der Waals surface area contributed by atoms with E-state index in [0.717, 1.165) is 55.7 Å². The molecule has 0 atom stereocenters. The monoisotopic (exact) mass is 469 g/mol. The highest BCUT2D eigenvalue weighted by atomic mass is 19.3. The predicted octanol–water partition coefficient (Wildman–Crippen LogP) is 4.72. The fraction of sp³-hybridized carbons (Fsp3) is 0.462. The molecule has 1 saturated heterocycles. The van der Waals surface area contributed by atoms with Crippen LogP contribution in [-0.4, -0.2) is 72.6 Å². The maximum absolute atomic E-state index is 13.9. The van der Waals surface area contributed by atoms with Crippen LogP contribution in [0.1, 0.15) is 25.8 Å². The summed E-state index contributed by atoms with van der Waals surface area (Å²) in [5.74, 6) is 0.520. The fourth-order valence-electron chi connectivity index (χ4n) is 4.72. The van der Waals surface area contributed by atoms with Crippen molar-refractivity contribution in [2.75, 3.05) is 52.2 Å². The highest BCUT2D eigenvalue weighted by Gasteiger charge is 2.27. The highest BCUT2D eigenvalue weighted by molar-refractivity contribution is 5.81. The lowest BCUT2D eigenvalue weighted by atomic mass is 9.94. The van der Waals surface area contributed by atoms with Gasteiger partial charge in [0.1, 0.15) is 5.82 Å². The number of hydrogen-bond acceptors (Lipinski definition) is 4. The molecule has 3 aromatic rings. The first kappa shape index (κ1) is 24.1. The molecule has 0 bridgehead atoms. The molecule has 0 aliphatic carbocycles. The lowest BCUT2D eigenvalue weighted by molar-refractivity contribution is -0.134. The Kier molecular flexibility index (Phi) is 7.46. The van der Waals surface area contributed by atoms with Gasteiger partial charge in [0.2, 0.25) is 5.91 Å².